The molecular weight excluding hydrogens is 463 g/mol. The number of furan rings is 1. The van der Waals surface area contributed by atoms with Gasteiger partial charge in [-0.05, 0) is 43.3 Å². The third-order valence-corrected chi connectivity index (χ3v) is 5.12. The van der Waals surface area contributed by atoms with Crippen LogP contribution in [0.4, 0.5) is 18.9 Å². The molecule has 0 aliphatic rings. The van der Waals surface area contributed by atoms with E-state index < -0.39 is 29.7 Å². The van der Waals surface area contributed by atoms with Crippen molar-refractivity contribution in [3.63, 3.8) is 0 Å². The third-order valence-electron chi connectivity index (χ3n) is 5.12. The number of amides is 1. The highest BCUT2D eigenvalue weighted by Crippen LogP contribution is 2.31. The normalized spacial score (nSPS) is 12.2. The number of benzene rings is 3. The van der Waals surface area contributed by atoms with E-state index in [0.29, 0.717) is 22.3 Å². The lowest BCUT2D eigenvalue weighted by Gasteiger charge is -2.14. The minimum Gasteiger partial charge on any atom is -0.489 e. The molecule has 1 heterocycles. The SMILES string of the molecule is C[C@H](OC(=O)c1oc2ccccc2c1COc1ccccc1)C(=O)Nc1cccc(C(F)(F)F)c1. The smallest absolute Gasteiger partial charge is 0.416 e. The predicted octanol–water partition coefficient (Wildman–Crippen LogP) is 6.21. The summed E-state index contributed by atoms with van der Waals surface area (Å²) in [5.41, 5.74) is -0.106. The largest absolute Gasteiger partial charge is 0.489 e. The molecule has 0 aliphatic carbocycles. The Morgan fingerprint density at radius 2 is 1.69 bits per heavy atom. The van der Waals surface area contributed by atoms with E-state index in [2.05, 4.69) is 5.32 Å². The molecule has 4 aromatic rings. The summed E-state index contributed by atoms with van der Waals surface area (Å²) >= 11 is 0. The van der Waals surface area contributed by atoms with E-state index in [9.17, 15) is 22.8 Å². The molecule has 0 fully saturated rings. The number of carbonyl (C=O) groups excluding carboxylic acids is 2. The molecule has 0 spiro atoms. The number of esters is 1. The first-order chi connectivity index (χ1) is 16.7. The standard InChI is InChI=1S/C26H20F3NO5/c1-16(24(31)30-18-9-7-8-17(14-18)26(27,28)29)34-25(32)23-21(15-33-19-10-3-2-4-11-19)20-12-5-6-13-22(20)35-23/h2-14,16H,15H2,1H3,(H,30,31)/t16-/m0/s1. The molecule has 6 nitrogen and oxygen atoms in total. The molecule has 180 valence electrons. The predicted molar refractivity (Wildman–Crippen MR) is 122 cm³/mol. The zero-order valence-electron chi connectivity index (χ0n) is 18.5. The minimum absolute atomic E-state index is 0.0102. The molecule has 0 saturated heterocycles. The first-order valence-corrected chi connectivity index (χ1v) is 10.6. The number of hydrogen-bond donors (Lipinski definition) is 1. The number of anilines is 1. The Balaban J connectivity index is 1.49. The summed E-state index contributed by atoms with van der Waals surface area (Å²) in [6, 6.07) is 20.1. The first kappa shape index (κ1) is 23.9. The van der Waals surface area contributed by atoms with Gasteiger partial charge in [0.05, 0.1) is 11.1 Å². The van der Waals surface area contributed by atoms with Crippen molar-refractivity contribution in [1.29, 1.82) is 0 Å². The van der Waals surface area contributed by atoms with E-state index in [4.69, 9.17) is 13.9 Å². The molecule has 0 aliphatic heterocycles. The summed E-state index contributed by atoms with van der Waals surface area (Å²) in [7, 11) is 0. The van der Waals surface area contributed by atoms with Crippen LogP contribution in [0.15, 0.2) is 83.3 Å². The molecule has 9 heteroatoms. The molecule has 1 aromatic heterocycles. The number of nitrogens with one attached hydrogen (secondary N) is 1. The molecule has 0 saturated carbocycles. The first-order valence-electron chi connectivity index (χ1n) is 10.6. The lowest BCUT2D eigenvalue weighted by Crippen LogP contribution is -2.30. The van der Waals surface area contributed by atoms with E-state index in [1.807, 2.05) is 18.2 Å². The van der Waals surface area contributed by atoms with Crippen molar-refractivity contribution in [3.05, 3.63) is 95.7 Å². The van der Waals surface area contributed by atoms with Crippen LogP contribution < -0.4 is 10.1 Å². The molecule has 1 atom stereocenters. The summed E-state index contributed by atoms with van der Waals surface area (Å²) in [5, 5.41) is 2.98. The Labute approximate surface area is 198 Å². The number of fused-ring (bicyclic) bond motifs is 1. The van der Waals surface area contributed by atoms with Crippen LogP contribution >= 0.6 is 0 Å². The summed E-state index contributed by atoms with van der Waals surface area (Å²) in [6.45, 7) is 1.32. The van der Waals surface area contributed by atoms with Crippen LogP contribution in [0, 0.1) is 0 Å². The second-order valence-corrected chi connectivity index (χ2v) is 7.62. The fourth-order valence-electron chi connectivity index (χ4n) is 3.36. The van der Waals surface area contributed by atoms with Gasteiger partial charge in [0.1, 0.15) is 17.9 Å². The van der Waals surface area contributed by atoms with Crippen molar-refractivity contribution in [2.24, 2.45) is 0 Å². The van der Waals surface area contributed by atoms with Gasteiger partial charge < -0.3 is 19.2 Å². The van der Waals surface area contributed by atoms with Gasteiger partial charge in [-0.3, -0.25) is 4.79 Å². The number of halogens is 3. The van der Waals surface area contributed by atoms with Gasteiger partial charge in [0.25, 0.3) is 5.91 Å². The Morgan fingerprint density at radius 3 is 2.43 bits per heavy atom. The van der Waals surface area contributed by atoms with Gasteiger partial charge in [0.2, 0.25) is 5.76 Å². The van der Waals surface area contributed by atoms with Crippen molar-refractivity contribution in [2.45, 2.75) is 25.8 Å². The number of ether oxygens (including phenoxy) is 2. The van der Waals surface area contributed by atoms with Gasteiger partial charge in [-0.15, -0.1) is 0 Å². The summed E-state index contributed by atoms with van der Waals surface area (Å²) in [6.07, 6.45) is -5.87. The van der Waals surface area contributed by atoms with Gasteiger partial charge in [-0.1, -0.05) is 42.5 Å². The lowest BCUT2D eigenvalue weighted by atomic mass is 10.1. The van der Waals surface area contributed by atoms with Gasteiger partial charge in [-0.2, -0.15) is 13.2 Å². The fraction of sp³-hybridized carbons (Fsp3) is 0.154. The zero-order valence-corrected chi connectivity index (χ0v) is 18.5. The van der Waals surface area contributed by atoms with Gasteiger partial charge >= 0.3 is 12.1 Å². The van der Waals surface area contributed by atoms with Crippen molar-refractivity contribution < 1.29 is 36.7 Å². The minimum atomic E-state index is -4.56. The Hall–Kier alpha value is -4.27. The Morgan fingerprint density at radius 1 is 0.971 bits per heavy atom. The molecule has 1 amide bonds. The van der Waals surface area contributed by atoms with Gasteiger partial charge in [-0.25, -0.2) is 4.79 Å². The van der Waals surface area contributed by atoms with Gasteiger partial charge in [0.15, 0.2) is 6.10 Å². The molecule has 0 radical (unpaired) electrons. The maximum absolute atomic E-state index is 12.9. The van der Waals surface area contributed by atoms with E-state index in [-0.39, 0.29) is 18.1 Å². The number of para-hydroxylation sites is 2. The van der Waals surface area contributed by atoms with Crippen LogP contribution in [0.25, 0.3) is 11.0 Å². The van der Waals surface area contributed by atoms with Crippen molar-refractivity contribution in [3.8, 4) is 5.75 Å². The van der Waals surface area contributed by atoms with Crippen LogP contribution in [0.1, 0.15) is 28.6 Å². The van der Waals surface area contributed by atoms with E-state index >= 15 is 0 Å². The quantitative estimate of drug-likeness (QED) is 0.316. The highest BCUT2D eigenvalue weighted by molar-refractivity contribution is 5.99. The summed E-state index contributed by atoms with van der Waals surface area (Å²) in [5.74, 6) is -1.23. The number of carbonyl (C=O) groups is 2. The molecule has 0 unspecified atom stereocenters. The number of alkyl halides is 3. The number of hydrogen-bond acceptors (Lipinski definition) is 5. The third kappa shape index (κ3) is 5.63. The lowest BCUT2D eigenvalue weighted by molar-refractivity contribution is -0.137. The maximum Gasteiger partial charge on any atom is 0.416 e. The molecule has 35 heavy (non-hydrogen) atoms. The van der Waals surface area contributed by atoms with Crippen molar-refractivity contribution in [1.82, 2.24) is 0 Å². The molecule has 1 N–H and O–H groups in total. The summed E-state index contributed by atoms with van der Waals surface area (Å²) in [4.78, 5) is 25.4. The van der Waals surface area contributed by atoms with Crippen LogP contribution in [0.2, 0.25) is 0 Å². The Bertz CT molecular complexity index is 1350. The number of rotatable bonds is 7. The van der Waals surface area contributed by atoms with Gasteiger partial charge in [0, 0.05) is 11.1 Å². The van der Waals surface area contributed by atoms with E-state index in [1.54, 1.807) is 36.4 Å². The molecular formula is C26H20F3NO5. The topological polar surface area (TPSA) is 77.8 Å². The highest BCUT2D eigenvalue weighted by Gasteiger charge is 2.31. The second-order valence-electron chi connectivity index (χ2n) is 7.62. The van der Waals surface area contributed by atoms with Crippen LogP contribution in [0.5, 0.6) is 5.75 Å². The Kier molecular flexibility index (Phi) is 6.77. The van der Waals surface area contributed by atoms with Crippen molar-refractivity contribution in [2.75, 3.05) is 5.32 Å². The monoisotopic (exact) mass is 483 g/mol. The van der Waals surface area contributed by atoms with Crippen LogP contribution in [0.3, 0.4) is 0 Å². The van der Waals surface area contributed by atoms with Crippen molar-refractivity contribution >= 4 is 28.5 Å². The fourth-order valence-corrected chi connectivity index (χ4v) is 3.36. The van der Waals surface area contributed by atoms with Crippen LogP contribution in [-0.4, -0.2) is 18.0 Å². The van der Waals surface area contributed by atoms with E-state index in [0.717, 1.165) is 12.1 Å². The maximum atomic E-state index is 12.9. The average Bonchev–Trinajstić information content (AvgIpc) is 3.22. The highest BCUT2D eigenvalue weighted by atomic mass is 19.4. The molecule has 0 bridgehead atoms. The molecule has 4 rings (SSSR count). The van der Waals surface area contributed by atoms with E-state index in [1.165, 1.54) is 19.1 Å². The zero-order chi connectivity index (χ0) is 25.0. The average molecular weight is 483 g/mol. The summed E-state index contributed by atoms with van der Waals surface area (Å²) < 4.78 is 55.5. The molecule has 3 aromatic carbocycles. The van der Waals surface area contributed by atoms with Crippen LogP contribution in [-0.2, 0) is 22.3 Å². The second kappa shape index (κ2) is 9.92.